The van der Waals surface area contributed by atoms with Crippen LogP contribution in [0.4, 0.5) is 13.2 Å². The summed E-state index contributed by atoms with van der Waals surface area (Å²) in [4.78, 5) is 17.2. The van der Waals surface area contributed by atoms with Gasteiger partial charge in [0.25, 0.3) is 0 Å². The summed E-state index contributed by atoms with van der Waals surface area (Å²) in [5.41, 5.74) is 1.92. The number of nitrogens with zero attached hydrogens (tertiary/aromatic N) is 1. The molecule has 182 valence electrons. The van der Waals surface area contributed by atoms with Crippen LogP contribution < -0.4 is 4.74 Å². The van der Waals surface area contributed by atoms with Gasteiger partial charge in [-0.15, -0.1) is 11.8 Å². The van der Waals surface area contributed by atoms with Crippen LogP contribution >= 0.6 is 11.8 Å². The van der Waals surface area contributed by atoms with Crippen molar-refractivity contribution in [3.05, 3.63) is 77.9 Å². The monoisotopic (exact) mass is 501 g/mol. The van der Waals surface area contributed by atoms with Crippen molar-refractivity contribution in [1.82, 2.24) is 4.98 Å². The Bertz CT molecular complexity index is 1300. The quantitative estimate of drug-likeness (QED) is 0.189. The van der Waals surface area contributed by atoms with E-state index in [2.05, 4.69) is 4.98 Å². The molecule has 5 nitrogen and oxygen atoms in total. The Labute approximate surface area is 204 Å². The van der Waals surface area contributed by atoms with Gasteiger partial charge in [-0.25, -0.2) is 9.78 Å². The standard InChI is InChI=1S/C26H22F3NO4S/c1-3-32-25(31)16(2)33-20-11-13-21(14-12-20)35-15-18-5-4-6-22-23(18)30-24(34-22)17-7-9-19(10-8-17)26(27,28)29/h4-14,16H,3,15H2,1-2H3. The molecule has 0 aliphatic carbocycles. The van der Waals surface area contributed by atoms with E-state index in [0.29, 0.717) is 34.8 Å². The maximum absolute atomic E-state index is 12.8. The van der Waals surface area contributed by atoms with Crippen LogP contribution in [0.3, 0.4) is 0 Å². The van der Waals surface area contributed by atoms with Crippen LogP contribution in [0.25, 0.3) is 22.6 Å². The molecule has 0 radical (unpaired) electrons. The molecular weight excluding hydrogens is 479 g/mol. The van der Waals surface area contributed by atoms with Gasteiger partial charge in [0.1, 0.15) is 11.3 Å². The molecule has 0 bridgehead atoms. The van der Waals surface area contributed by atoms with E-state index < -0.39 is 23.8 Å². The Kier molecular flexibility index (Phi) is 7.35. The lowest BCUT2D eigenvalue weighted by atomic mass is 10.1. The summed E-state index contributed by atoms with van der Waals surface area (Å²) >= 11 is 1.59. The molecule has 0 spiro atoms. The van der Waals surface area contributed by atoms with Crippen molar-refractivity contribution < 1.29 is 31.9 Å². The van der Waals surface area contributed by atoms with Crippen molar-refractivity contribution in [1.29, 1.82) is 0 Å². The number of halogens is 3. The number of thioether (sulfide) groups is 1. The third kappa shape index (κ3) is 5.97. The minimum Gasteiger partial charge on any atom is -0.479 e. The zero-order valence-corrected chi connectivity index (χ0v) is 19.8. The number of alkyl halides is 3. The SMILES string of the molecule is CCOC(=O)C(C)Oc1ccc(SCc2cccc3oc(-c4ccc(C(F)(F)F)cc4)nc23)cc1. The minimum atomic E-state index is -4.40. The molecule has 9 heteroatoms. The van der Waals surface area contributed by atoms with Crippen LogP contribution in [-0.4, -0.2) is 23.7 Å². The predicted molar refractivity (Wildman–Crippen MR) is 127 cm³/mol. The summed E-state index contributed by atoms with van der Waals surface area (Å²) in [5.74, 6) is 1.02. The molecule has 4 rings (SSSR count). The minimum absolute atomic E-state index is 0.267. The molecule has 0 N–H and O–H groups in total. The van der Waals surface area contributed by atoms with Crippen molar-refractivity contribution in [3.63, 3.8) is 0 Å². The van der Waals surface area contributed by atoms with Gasteiger partial charge in [-0.2, -0.15) is 13.2 Å². The summed E-state index contributed by atoms with van der Waals surface area (Å²) in [6.45, 7) is 3.68. The number of carbonyl (C=O) groups is 1. The van der Waals surface area contributed by atoms with E-state index in [1.807, 2.05) is 24.3 Å². The lowest BCUT2D eigenvalue weighted by Gasteiger charge is -2.13. The summed E-state index contributed by atoms with van der Waals surface area (Å²) in [6, 6.07) is 17.7. The fourth-order valence-corrected chi connectivity index (χ4v) is 4.22. The molecular formula is C26H22F3NO4S. The van der Waals surface area contributed by atoms with Gasteiger partial charge in [0.15, 0.2) is 11.7 Å². The Balaban J connectivity index is 1.44. The van der Waals surface area contributed by atoms with Crippen LogP contribution in [0.15, 0.2) is 76.0 Å². The molecule has 1 aromatic heterocycles. The van der Waals surface area contributed by atoms with Gasteiger partial charge in [0.05, 0.1) is 12.2 Å². The van der Waals surface area contributed by atoms with Gasteiger partial charge in [0.2, 0.25) is 5.89 Å². The topological polar surface area (TPSA) is 61.6 Å². The number of ether oxygens (including phenoxy) is 2. The molecule has 3 aromatic carbocycles. The third-order valence-electron chi connectivity index (χ3n) is 5.11. The van der Waals surface area contributed by atoms with Crippen LogP contribution in [-0.2, 0) is 21.5 Å². The second-order valence-electron chi connectivity index (χ2n) is 7.63. The molecule has 35 heavy (non-hydrogen) atoms. The zero-order valence-electron chi connectivity index (χ0n) is 19.0. The first-order chi connectivity index (χ1) is 16.7. The van der Waals surface area contributed by atoms with Crippen LogP contribution in [0.5, 0.6) is 5.75 Å². The molecule has 1 heterocycles. The number of oxazole rings is 1. The lowest BCUT2D eigenvalue weighted by molar-refractivity contribution is -0.150. The first-order valence-corrected chi connectivity index (χ1v) is 11.9. The number of benzene rings is 3. The van der Waals surface area contributed by atoms with E-state index in [1.165, 1.54) is 12.1 Å². The maximum atomic E-state index is 12.8. The highest BCUT2D eigenvalue weighted by atomic mass is 32.2. The number of rotatable bonds is 8. The van der Waals surface area contributed by atoms with Crippen LogP contribution in [0.1, 0.15) is 25.0 Å². The van der Waals surface area contributed by atoms with Gasteiger partial charge < -0.3 is 13.9 Å². The number of para-hydroxylation sites is 1. The molecule has 1 atom stereocenters. The molecule has 4 aromatic rings. The third-order valence-corrected chi connectivity index (χ3v) is 6.17. The number of aromatic nitrogens is 1. The molecule has 0 aliphatic heterocycles. The molecule has 1 unspecified atom stereocenters. The molecule has 0 fully saturated rings. The van der Waals surface area contributed by atoms with Crippen molar-refractivity contribution in [3.8, 4) is 17.2 Å². The number of carbonyl (C=O) groups excluding carboxylic acids is 1. The molecule has 0 saturated heterocycles. The van der Waals surface area contributed by atoms with Crippen molar-refractivity contribution >= 4 is 28.8 Å². The highest BCUT2D eigenvalue weighted by Crippen LogP contribution is 2.33. The fraction of sp³-hybridized carbons (Fsp3) is 0.231. The Morgan fingerprint density at radius 1 is 1.06 bits per heavy atom. The maximum Gasteiger partial charge on any atom is 0.416 e. The van der Waals surface area contributed by atoms with E-state index in [4.69, 9.17) is 13.9 Å². The van der Waals surface area contributed by atoms with E-state index in [9.17, 15) is 18.0 Å². The van der Waals surface area contributed by atoms with Crippen LogP contribution in [0.2, 0.25) is 0 Å². The fourth-order valence-electron chi connectivity index (χ4n) is 3.33. The second kappa shape index (κ2) is 10.4. The van der Waals surface area contributed by atoms with Crippen molar-refractivity contribution in [2.45, 2.75) is 36.8 Å². The summed E-state index contributed by atoms with van der Waals surface area (Å²) in [5, 5.41) is 0. The smallest absolute Gasteiger partial charge is 0.416 e. The summed E-state index contributed by atoms with van der Waals surface area (Å²) < 4.78 is 54.9. The highest BCUT2D eigenvalue weighted by molar-refractivity contribution is 7.98. The van der Waals surface area contributed by atoms with E-state index >= 15 is 0 Å². The van der Waals surface area contributed by atoms with Crippen LogP contribution in [0, 0.1) is 0 Å². The van der Waals surface area contributed by atoms with E-state index in [-0.39, 0.29) is 5.89 Å². The first-order valence-electron chi connectivity index (χ1n) is 10.9. The largest absolute Gasteiger partial charge is 0.479 e. The Morgan fingerprint density at radius 2 is 1.77 bits per heavy atom. The number of fused-ring (bicyclic) bond motifs is 1. The van der Waals surface area contributed by atoms with Gasteiger partial charge in [-0.1, -0.05) is 12.1 Å². The number of hydrogen-bond donors (Lipinski definition) is 0. The summed E-state index contributed by atoms with van der Waals surface area (Å²) in [7, 11) is 0. The zero-order chi connectivity index (χ0) is 25.0. The van der Waals surface area contributed by atoms with Gasteiger partial charge >= 0.3 is 12.1 Å². The molecule has 0 amide bonds. The van der Waals surface area contributed by atoms with Crippen molar-refractivity contribution in [2.75, 3.05) is 6.61 Å². The lowest BCUT2D eigenvalue weighted by Crippen LogP contribution is -2.25. The van der Waals surface area contributed by atoms with Gasteiger partial charge in [-0.3, -0.25) is 0 Å². The average Bonchev–Trinajstić information content (AvgIpc) is 3.28. The number of hydrogen-bond acceptors (Lipinski definition) is 6. The summed E-state index contributed by atoms with van der Waals surface area (Å²) in [6.07, 6.45) is -5.09. The predicted octanol–water partition coefficient (Wildman–Crippen LogP) is 7.14. The Hall–Kier alpha value is -3.46. The number of esters is 1. The highest BCUT2D eigenvalue weighted by Gasteiger charge is 2.30. The normalized spacial score (nSPS) is 12.5. The van der Waals surface area contributed by atoms with E-state index in [0.717, 1.165) is 22.6 Å². The second-order valence-corrected chi connectivity index (χ2v) is 8.68. The Morgan fingerprint density at radius 3 is 2.43 bits per heavy atom. The molecule has 0 aliphatic rings. The molecule has 0 saturated carbocycles. The van der Waals surface area contributed by atoms with Gasteiger partial charge in [-0.05, 0) is 74.0 Å². The average molecular weight is 502 g/mol. The van der Waals surface area contributed by atoms with Gasteiger partial charge in [0, 0.05) is 16.2 Å². The van der Waals surface area contributed by atoms with E-state index in [1.54, 1.807) is 43.8 Å². The first kappa shape index (κ1) is 24.7. The van der Waals surface area contributed by atoms with Crippen molar-refractivity contribution in [2.24, 2.45) is 0 Å².